The van der Waals surface area contributed by atoms with Crippen LogP contribution in [-0.4, -0.2) is 49.4 Å². The van der Waals surface area contributed by atoms with Gasteiger partial charge in [0.05, 0.1) is 36.0 Å². The van der Waals surface area contributed by atoms with Gasteiger partial charge in [0.2, 0.25) is 5.91 Å². The van der Waals surface area contributed by atoms with Gasteiger partial charge in [0.25, 0.3) is 0 Å². The van der Waals surface area contributed by atoms with Crippen LogP contribution < -0.4 is 5.32 Å². The molecule has 1 spiro atoms. The Labute approximate surface area is 148 Å². The van der Waals surface area contributed by atoms with Crippen LogP contribution in [0.4, 0.5) is 18.9 Å². The van der Waals surface area contributed by atoms with Crippen LogP contribution in [0.1, 0.15) is 18.4 Å². The Bertz CT molecular complexity index is 638. The predicted octanol–water partition coefficient (Wildman–Crippen LogP) is 3.14. The van der Waals surface area contributed by atoms with Crippen molar-refractivity contribution >= 4 is 23.2 Å². The summed E-state index contributed by atoms with van der Waals surface area (Å²) in [7, 11) is 0. The molecule has 1 amide bonds. The van der Waals surface area contributed by atoms with Crippen molar-refractivity contribution in [3.05, 3.63) is 28.8 Å². The topological polar surface area (TPSA) is 50.8 Å². The van der Waals surface area contributed by atoms with Crippen LogP contribution >= 0.6 is 11.6 Å². The normalized spacial score (nSPS) is 20.1. The molecular weight excluding hydrogens is 361 g/mol. The first-order chi connectivity index (χ1) is 11.8. The number of hydrogen-bond acceptors (Lipinski definition) is 4. The zero-order chi connectivity index (χ0) is 18.1. The summed E-state index contributed by atoms with van der Waals surface area (Å²) in [6, 6.07) is 2.97. The number of rotatable bonds is 3. The average Bonchev–Trinajstić information content (AvgIpc) is 3.01. The zero-order valence-corrected chi connectivity index (χ0v) is 14.1. The van der Waals surface area contributed by atoms with Gasteiger partial charge in [0.15, 0.2) is 5.79 Å². The van der Waals surface area contributed by atoms with Crippen molar-refractivity contribution in [3.63, 3.8) is 0 Å². The van der Waals surface area contributed by atoms with E-state index in [9.17, 15) is 18.0 Å². The molecule has 1 aromatic rings. The number of nitrogens with one attached hydrogen (secondary N) is 1. The number of halogens is 4. The maximum absolute atomic E-state index is 12.8. The Morgan fingerprint density at radius 1 is 1.24 bits per heavy atom. The molecule has 138 valence electrons. The van der Waals surface area contributed by atoms with Crippen molar-refractivity contribution in [2.24, 2.45) is 0 Å². The van der Waals surface area contributed by atoms with E-state index in [1.165, 1.54) is 0 Å². The molecule has 0 radical (unpaired) electrons. The van der Waals surface area contributed by atoms with Gasteiger partial charge in [-0.1, -0.05) is 11.6 Å². The van der Waals surface area contributed by atoms with Crippen LogP contribution in [0.2, 0.25) is 5.02 Å². The van der Waals surface area contributed by atoms with E-state index in [1.807, 2.05) is 0 Å². The Morgan fingerprint density at radius 2 is 1.88 bits per heavy atom. The second-order valence-corrected chi connectivity index (χ2v) is 6.44. The van der Waals surface area contributed by atoms with Gasteiger partial charge in [-0.15, -0.1) is 0 Å². The molecule has 2 heterocycles. The smallest absolute Gasteiger partial charge is 0.375 e. The van der Waals surface area contributed by atoms with Crippen molar-refractivity contribution in [3.8, 4) is 0 Å². The van der Waals surface area contributed by atoms with Crippen LogP contribution in [0.15, 0.2) is 18.2 Å². The van der Waals surface area contributed by atoms with Crippen molar-refractivity contribution in [2.75, 3.05) is 38.2 Å². The van der Waals surface area contributed by atoms with Gasteiger partial charge < -0.3 is 19.7 Å². The van der Waals surface area contributed by atoms with E-state index in [0.717, 1.165) is 18.2 Å². The van der Waals surface area contributed by atoms with Crippen LogP contribution in [0.25, 0.3) is 0 Å². The van der Waals surface area contributed by atoms with E-state index in [2.05, 4.69) is 5.32 Å². The Hall–Kier alpha value is -1.51. The number of alkyl halides is 3. The Kier molecular flexibility index (Phi) is 5.13. The molecule has 0 atom stereocenters. The maximum Gasteiger partial charge on any atom is 0.416 e. The fraction of sp³-hybridized carbons (Fsp3) is 0.562. The average molecular weight is 379 g/mol. The molecule has 0 saturated carbocycles. The van der Waals surface area contributed by atoms with Gasteiger partial charge in [0.1, 0.15) is 0 Å². The number of carbonyl (C=O) groups excluding carboxylic acids is 1. The van der Waals surface area contributed by atoms with E-state index in [0.29, 0.717) is 39.1 Å². The molecule has 0 unspecified atom stereocenters. The number of carbonyl (C=O) groups is 1. The lowest BCUT2D eigenvalue weighted by molar-refractivity contribution is -0.187. The minimum absolute atomic E-state index is 0.0841. The second kappa shape index (κ2) is 7.01. The van der Waals surface area contributed by atoms with Crippen LogP contribution in [0.3, 0.4) is 0 Å². The molecular formula is C16H18ClF3N2O3. The molecule has 0 aromatic heterocycles. The molecule has 0 aliphatic carbocycles. The van der Waals surface area contributed by atoms with Crippen molar-refractivity contribution < 1.29 is 27.4 Å². The van der Waals surface area contributed by atoms with Crippen molar-refractivity contribution in [2.45, 2.75) is 24.8 Å². The van der Waals surface area contributed by atoms with Gasteiger partial charge in [-0.05, 0) is 18.2 Å². The van der Waals surface area contributed by atoms with Crippen LogP contribution in [0, 0.1) is 0 Å². The SMILES string of the molecule is O=C(CNc1cc(C(F)(F)F)ccc1Cl)N1CCC2(CC1)OCCO2. The highest BCUT2D eigenvalue weighted by Crippen LogP contribution is 2.34. The fourth-order valence-corrected chi connectivity index (χ4v) is 3.19. The molecule has 1 aromatic carbocycles. The summed E-state index contributed by atoms with van der Waals surface area (Å²) in [6.45, 7) is 1.95. The number of nitrogens with zero attached hydrogens (tertiary/aromatic N) is 1. The van der Waals surface area contributed by atoms with E-state index >= 15 is 0 Å². The number of benzene rings is 1. The summed E-state index contributed by atoms with van der Waals surface area (Å²) < 4.78 is 49.5. The number of hydrogen-bond donors (Lipinski definition) is 1. The summed E-state index contributed by atoms with van der Waals surface area (Å²) in [5, 5.41) is 2.83. The molecule has 2 saturated heterocycles. The minimum atomic E-state index is -4.46. The highest BCUT2D eigenvalue weighted by Gasteiger charge is 2.40. The fourth-order valence-electron chi connectivity index (χ4n) is 3.00. The third-order valence-corrected chi connectivity index (χ3v) is 4.74. The van der Waals surface area contributed by atoms with Crippen LogP contribution in [-0.2, 0) is 20.4 Å². The van der Waals surface area contributed by atoms with Crippen LogP contribution in [0.5, 0.6) is 0 Å². The predicted molar refractivity (Wildman–Crippen MR) is 85.4 cm³/mol. The molecule has 9 heteroatoms. The van der Waals surface area contributed by atoms with Gasteiger partial charge in [-0.3, -0.25) is 4.79 Å². The maximum atomic E-state index is 12.8. The van der Waals surface area contributed by atoms with Gasteiger partial charge in [-0.25, -0.2) is 0 Å². The summed E-state index contributed by atoms with van der Waals surface area (Å²) in [5.41, 5.74) is -0.733. The first kappa shape index (κ1) is 18.3. The zero-order valence-electron chi connectivity index (χ0n) is 13.4. The van der Waals surface area contributed by atoms with E-state index in [-0.39, 0.29) is 23.2 Å². The second-order valence-electron chi connectivity index (χ2n) is 6.03. The number of amides is 1. The molecule has 3 rings (SSSR count). The number of ether oxygens (including phenoxy) is 2. The first-order valence-electron chi connectivity index (χ1n) is 7.95. The standard InChI is InChI=1S/C16H18ClF3N2O3/c17-12-2-1-11(16(18,19)20)9-13(12)21-10-14(23)22-5-3-15(4-6-22)24-7-8-25-15/h1-2,9,21H,3-8,10H2. The third kappa shape index (κ3) is 4.19. The molecule has 2 aliphatic rings. The quantitative estimate of drug-likeness (QED) is 0.878. The Balaban J connectivity index is 1.56. The highest BCUT2D eigenvalue weighted by atomic mass is 35.5. The lowest BCUT2D eigenvalue weighted by Crippen LogP contribution is -2.48. The first-order valence-corrected chi connectivity index (χ1v) is 8.33. The van der Waals surface area contributed by atoms with E-state index < -0.39 is 17.5 Å². The largest absolute Gasteiger partial charge is 0.416 e. The van der Waals surface area contributed by atoms with Crippen molar-refractivity contribution in [1.82, 2.24) is 4.90 Å². The lowest BCUT2D eigenvalue weighted by atomic mass is 10.0. The molecule has 2 aliphatic heterocycles. The van der Waals surface area contributed by atoms with E-state index in [4.69, 9.17) is 21.1 Å². The summed E-state index contributed by atoms with van der Waals surface area (Å²) >= 11 is 5.91. The molecule has 2 fully saturated rings. The molecule has 25 heavy (non-hydrogen) atoms. The van der Waals surface area contributed by atoms with Gasteiger partial charge in [0, 0.05) is 25.9 Å². The minimum Gasteiger partial charge on any atom is -0.375 e. The van der Waals surface area contributed by atoms with Gasteiger partial charge in [-0.2, -0.15) is 13.2 Å². The Morgan fingerprint density at radius 3 is 2.48 bits per heavy atom. The monoisotopic (exact) mass is 378 g/mol. The van der Waals surface area contributed by atoms with Gasteiger partial charge >= 0.3 is 6.18 Å². The lowest BCUT2D eigenvalue weighted by Gasteiger charge is -2.37. The third-order valence-electron chi connectivity index (χ3n) is 4.42. The highest BCUT2D eigenvalue weighted by molar-refractivity contribution is 6.33. The molecule has 5 nitrogen and oxygen atoms in total. The summed E-state index contributed by atoms with van der Waals surface area (Å²) in [4.78, 5) is 13.9. The number of anilines is 1. The van der Waals surface area contributed by atoms with Crippen molar-refractivity contribution in [1.29, 1.82) is 0 Å². The molecule has 1 N–H and O–H groups in total. The molecule has 0 bridgehead atoms. The number of likely N-dealkylation sites (tertiary alicyclic amines) is 1. The number of piperidine rings is 1. The summed E-state index contributed by atoms with van der Waals surface area (Å²) in [5.74, 6) is -0.782. The van der Waals surface area contributed by atoms with E-state index in [1.54, 1.807) is 4.90 Å². The summed E-state index contributed by atoms with van der Waals surface area (Å²) in [6.07, 6.45) is -3.29.